The first-order valence-electron chi connectivity index (χ1n) is 7.50. The van der Waals surface area contributed by atoms with Crippen molar-refractivity contribution >= 4 is 35.5 Å². The topological polar surface area (TPSA) is 52.6 Å². The number of hydrogen-bond acceptors (Lipinski definition) is 6. The first-order valence-corrected chi connectivity index (χ1v) is 9.59. The van der Waals surface area contributed by atoms with Crippen LogP contribution in [0, 0.1) is 5.41 Å². The van der Waals surface area contributed by atoms with E-state index in [-0.39, 0.29) is 16.8 Å². The lowest BCUT2D eigenvalue weighted by Gasteiger charge is -2.34. The zero-order valence-corrected chi connectivity index (χ0v) is 15.1. The summed E-state index contributed by atoms with van der Waals surface area (Å²) in [5, 5.41) is 0. The molecule has 0 N–H and O–H groups in total. The number of esters is 2. The molecule has 0 aromatic heterocycles. The molecule has 122 valence electrons. The summed E-state index contributed by atoms with van der Waals surface area (Å²) in [7, 11) is 0. The van der Waals surface area contributed by atoms with Crippen molar-refractivity contribution in [2.24, 2.45) is 5.41 Å². The van der Waals surface area contributed by atoms with Gasteiger partial charge in [0.25, 0.3) is 0 Å². The second-order valence-electron chi connectivity index (χ2n) is 5.70. The van der Waals surface area contributed by atoms with Gasteiger partial charge in [-0.3, -0.25) is 9.59 Å². The fourth-order valence-electron chi connectivity index (χ4n) is 2.27. The fraction of sp³-hybridized carbons (Fsp3) is 0.867. The Labute approximate surface area is 136 Å². The minimum Gasteiger partial charge on any atom is -0.462 e. The Morgan fingerprint density at radius 1 is 1.05 bits per heavy atom. The molecule has 6 heteroatoms. The molecule has 21 heavy (non-hydrogen) atoms. The third-order valence-corrected chi connectivity index (χ3v) is 6.45. The maximum atomic E-state index is 12.7. The van der Waals surface area contributed by atoms with Crippen LogP contribution in [0.15, 0.2) is 0 Å². The molecule has 0 bridgehead atoms. The number of ether oxygens (including phenoxy) is 2. The number of carbonyl (C=O) groups excluding carboxylic acids is 2. The molecule has 0 spiro atoms. The van der Waals surface area contributed by atoms with Gasteiger partial charge in [0.05, 0.1) is 16.8 Å². The fourth-order valence-corrected chi connectivity index (χ4v) is 5.62. The van der Waals surface area contributed by atoms with E-state index in [0.29, 0.717) is 6.42 Å². The van der Waals surface area contributed by atoms with Gasteiger partial charge in [0.15, 0.2) is 5.41 Å². The highest BCUT2D eigenvalue weighted by atomic mass is 32.2. The highest BCUT2D eigenvalue weighted by Crippen LogP contribution is 2.48. The highest BCUT2D eigenvalue weighted by molar-refractivity contribution is 8.20. The van der Waals surface area contributed by atoms with E-state index in [1.807, 2.05) is 6.92 Å². The van der Waals surface area contributed by atoms with E-state index in [1.165, 1.54) is 0 Å². The minimum absolute atomic E-state index is 0.116. The Morgan fingerprint density at radius 2 is 1.48 bits per heavy atom. The minimum atomic E-state index is -1.19. The lowest BCUT2D eigenvalue weighted by atomic mass is 9.85. The maximum absolute atomic E-state index is 12.7. The van der Waals surface area contributed by atoms with Gasteiger partial charge in [-0.15, -0.1) is 23.5 Å². The van der Waals surface area contributed by atoms with E-state index in [0.717, 1.165) is 17.9 Å². The Bertz CT molecular complexity index is 341. The average Bonchev–Trinajstić information content (AvgIpc) is 2.87. The second kappa shape index (κ2) is 8.32. The molecular weight excluding hydrogens is 308 g/mol. The molecule has 1 heterocycles. The van der Waals surface area contributed by atoms with Gasteiger partial charge in [0, 0.05) is 11.5 Å². The lowest BCUT2D eigenvalue weighted by Crippen LogP contribution is -2.49. The summed E-state index contributed by atoms with van der Waals surface area (Å²) in [5.41, 5.74) is -1.19. The van der Waals surface area contributed by atoms with Crippen LogP contribution in [-0.4, -0.2) is 40.2 Å². The van der Waals surface area contributed by atoms with E-state index in [2.05, 4.69) is 0 Å². The predicted octanol–water partition coefficient (Wildman–Crippen LogP) is 3.48. The van der Waals surface area contributed by atoms with Gasteiger partial charge >= 0.3 is 11.9 Å². The van der Waals surface area contributed by atoms with Gasteiger partial charge in [-0.2, -0.15) is 0 Å². The summed E-state index contributed by atoms with van der Waals surface area (Å²) in [6.45, 7) is 9.19. The van der Waals surface area contributed by atoms with E-state index >= 15 is 0 Å². The van der Waals surface area contributed by atoms with Gasteiger partial charge < -0.3 is 9.47 Å². The first-order chi connectivity index (χ1) is 9.84. The number of hydrogen-bond donors (Lipinski definition) is 0. The molecule has 0 unspecified atom stereocenters. The average molecular weight is 335 g/mol. The molecule has 1 aliphatic rings. The normalized spacial score (nSPS) is 16.5. The van der Waals surface area contributed by atoms with E-state index in [1.54, 1.807) is 51.2 Å². The molecule has 1 saturated heterocycles. The van der Waals surface area contributed by atoms with Crippen molar-refractivity contribution in [3.63, 3.8) is 0 Å². The van der Waals surface area contributed by atoms with Gasteiger partial charge in [0.1, 0.15) is 0 Å². The summed E-state index contributed by atoms with van der Waals surface area (Å²) in [6, 6.07) is 0. The molecule has 0 aromatic carbocycles. The zero-order chi connectivity index (χ0) is 16.0. The smallest absolute Gasteiger partial charge is 0.325 e. The molecule has 0 radical (unpaired) electrons. The summed E-state index contributed by atoms with van der Waals surface area (Å²) < 4.78 is 10.7. The molecule has 4 nitrogen and oxygen atoms in total. The summed E-state index contributed by atoms with van der Waals surface area (Å²) in [5.74, 6) is 1.03. The zero-order valence-electron chi connectivity index (χ0n) is 13.5. The molecule has 0 aromatic rings. The van der Waals surface area contributed by atoms with E-state index in [9.17, 15) is 9.59 Å². The first kappa shape index (κ1) is 18.7. The van der Waals surface area contributed by atoms with Gasteiger partial charge in [-0.1, -0.05) is 13.3 Å². The van der Waals surface area contributed by atoms with E-state index < -0.39 is 17.4 Å². The molecule has 0 aliphatic carbocycles. The van der Waals surface area contributed by atoms with Crippen LogP contribution in [0.2, 0.25) is 0 Å². The van der Waals surface area contributed by atoms with Crippen LogP contribution in [0.4, 0.5) is 0 Å². The van der Waals surface area contributed by atoms with Crippen molar-refractivity contribution in [1.29, 1.82) is 0 Å². The summed E-state index contributed by atoms with van der Waals surface area (Å²) in [4.78, 5) is 25.5. The molecule has 0 saturated carbocycles. The predicted molar refractivity (Wildman–Crippen MR) is 88.5 cm³/mol. The number of carbonyl (C=O) groups is 2. The van der Waals surface area contributed by atoms with Crippen LogP contribution in [0.5, 0.6) is 0 Å². The molecule has 1 rings (SSSR count). The van der Waals surface area contributed by atoms with Crippen LogP contribution in [0.25, 0.3) is 0 Å². The standard InChI is InChI=1S/C15H26O4S2/c1-6-7-15(12(16)18-10(2)3,13(17)19-11(4)5)14-20-8-9-21-14/h10-11,14H,6-9H2,1-5H3. The van der Waals surface area contributed by atoms with Crippen molar-refractivity contribution < 1.29 is 19.1 Å². The maximum Gasteiger partial charge on any atom is 0.325 e. The number of thioether (sulfide) groups is 2. The molecule has 0 amide bonds. The van der Waals surface area contributed by atoms with Crippen LogP contribution in [-0.2, 0) is 19.1 Å². The Balaban J connectivity index is 3.13. The summed E-state index contributed by atoms with van der Waals surface area (Å²) in [6.07, 6.45) is 0.723. The third kappa shape index (κ3) is 4.55. The van der Waals surface area contributed by atoms with Crippen molar-refractivity contribution in [2.75, 3.05) is 11.5 Å². The Kier molecular flexibility index (Phi) is 7.40. The SMILES string of the molecule is CCCC(C(=O)OC(C)C)(C(=O)OC(C)C)C1SCCS1. The molecule has 0 atom stereocenters. The van der Waals surface area contributed by atoms with Crippen molar-refractivity contribution in [1.82, 2.24) is 0 Å². The van der Waals surface area contributed by atoms with E-state index in [4.69, 9.17) is 9.47 Å². The quantitative estimate of drug-likeness (QED) is 0.525. The molecule has 1 fully saturated rings. The molecular formula is C15H26O4S2. The molecule has 1 aliphatic heterocycles. The Hall–Kier alpha value is -0.360. The Morgan fingerprint density at radius 3 is 1.81 bits per heavy atom. The van der Waals surface area contributed by atoms with Gasteiger partial charge in [0.2, 0.25) is 0 Å². The third-order valence-electron chi connectivity index (χ3n) is 3.08. The highest BCUT2D eigenvalue weighted by Gasteiger charge is 2.56. The lowest BCUT2D eigenvalue weighted by molar-refractivity contribution is -0.176. The number of rotatable bonds is 7. The van der Waals surface area contributed by atoms with Crippen molar-refractivity contribution in [3.8, 4) is 0 Å². The monoisotopic (exact) mass is 334 g/mol. The summed E-state index contributed by atoms with van der Waals surface area (Å²) >= 11 is 3.32. The largest absolute Gasteiger partial charge is 0.462 e. The second-order valence-corrected chi connectivity index (χ2v) is 8.43. The van der Waals surface area contributed by atoms with Gasteiger partial charge in [-0.05, 0) is 34.1 Å². The van der Waals surface area contributed by atoms with Crippen LogP contribution in [0.3, 0.4) is 0 Å². The van der Waals surface area contributed by atoms with Crippen LogP contribution < -0.4 is 0 Å². The van der Waals surface area contributed by atoms with Crippen LogP contribution >= 0.6 is 23.5 Å². The van der Waals surface area contributed by atoms with Crippen molar-refractivity contribution in [3.05, 3.63) is 0 Å². The van der Waals surface area contributed by atoms with Gasteiger partial charge in [-0.25, -0.2) is 0 Å². The van der Waals surface area contributed by atoms with Crippen LogP contribution in [0.1, 0.15) is 47.5 Å². The van der Waals surface area contributed by atoms with Crippen molar-refractivity contribution in [2.45, 2.75) is 64.3 Å².